The van der Waals surface area contributed by atoms with Gasteiger partial charge in [0, 0.05) is 11.1 Å². The molecule has 0 radical (unpaired) electrons. The van der Waals surface area contributed by atoms with Gasteiger partial charge in [0.05, 0.1) is 10.8 Å². The summed E-state index contributed by atoms with van der Waals surface area (Å²) in [7, 11) is 0. The summed E-state index contributed by atoms with van der Waals surface area (Å²) in [5.74, 6) is 1.83. The molecule has 2 atom stereocenters. The van der Waals surface area contributed by atoms with Crippen molar-refractivity contribution in [2.24, 2.45) is 0 Å². The van der Waals surface area contributed by atoms with E-state index >= 15 is 0 Å². The molecule has 1 aliphatic heterocycles. The highest BCUT2D eigenvalue weighted by Crippen LogP contribution is 2.65. The van der Waals surface area contributed by atoms with Crippen molar-refractivity contribution in [2.45, 2.75) is 17.8 Å². The van der Waals surface area contributed by atoms with E-state index in [1.807, 2.05) is 0 Å². The van der Waals surface area contributed by atoms with Gasteiger partial charge in [-0.25, -0.2) is 0 Å². The van der Waals surface area contributed by atoms with Crippen molar-refractivity contribution in [3.8, 4) is 44.9 Å². The summed E-state index contributed by atoms with van der Waals surface area (Å²) in [5.41, 5.74) is 15.9. The van der Waals surface area contributed by atoms with Crippen LogP contribution in [0.25, 0.3) is 44.2 Å². The van der Waals surface area contributed by atoms with Crippen LogP contribution in [0.2, 0.25) is 0 Å². The second-order valence-electron chi connectivity index (χ2n) is 14.1. The fourth-order valence-corrected chi connectivity index (χ4v) is 9.75. The largest absolute Gasteiger partial charge is 0.457 e. The van der Waals surface area contributed by atoms with E-state index in [1.54, 1.807) is 0 Å². The summed E-state index contributed by atoms with van der Waals surface area (Å²) in [5, 5.41) is 2.54. The van der Waals surface area contributed by atoms with Crippen LogP contribution in [0.4, 0.5) is 0 Å². The minimum atomic E-state index is -0.438. The quantitative estimate of drug-likeness (QED) is 0.183. The van der Waals surface area contributed by atoms with E-state index in [1.165, 1.54) is 83.1 Å². The van der Waals surface area contributed by atoms with Gasteiger partial charge in [0.25, 0.3) is 0 Å². The van der Waals surface area contributed by atoms with Crippen LogP contribution >= 0.6 is 0 Å². The zero-order chi connectivity index (χ0) is 33.0. The average Bonchev–Trinajstić information content (AvgIpc) is 3.64. The maximum absolute atomic E-state index is 6.77. The lowest BCUT2D eigenvalue weighted by Gasteiger charge is -2.39. The van der Waals surface area contributed by atoms with Crippen molar-refractivity contribution in [1.82, 2.24) is 0 Å². The van der Waals surface area contributed by atoms with E-state index in [-0.39, 0.29) is 0 Å². The van der Waals surface area contributed by atoms with Crippen LogP contribution in [-0.4, -0.2) is 0 Å². The predicted octanol–water partition coefficient (Wildman–Crippen LogP) is 12.3. The number of hydrogen-bond acceptors (Lipinski definition) is 1. The van der Waals surface area contributed by atoms with E-state index in [0.717, 1.165) is 11.5 Å². The molecule has 8 aromatic rings. The minimum absolute atomic E-state index is 0.432. The number of fused-ring (bicyclic) bond motifs is 13. The molecule has 1 heteroatoms. The van der Waals surface area contributed by atoms with Crippen LogP contribution < -0.4 is 4.74 Å². The molecular weight excluding hydrogens is 605 g/mol. The van der Waals surface area contributed by atoms with Gasteiger partial charge in [-0.15, -0.1) is 0 Å². The van der Waals surface area contributed by atoms with Gasteiger partial charge in [0.2, 0.25) is 0 Å². The van der Waals surface area contributed by atoms with E-state index in [9.17, 15) is 0 Å². The molecule has 50 heavy (non-hydrogen) atoms. The average molecular weight is 637 g/mol. The van der Waals surface area contributed by atoms with Gasteiger partial charge in [-0.1, -0.05) is 152 Å². The second-order valence-corrected chi connectivity index (χ2v) is 14.1. The highest BCUT2D eigenvalue weighted by molar-refractivity contribution is 6.03. The third kappa shape index (κ3) is 3.37. The standard InChI is InChI=1S/C49H32O/c1-48(33-17-3-2-4-18-33)41-25-11-12-27-44(41)50-45-28-14-22-36(47(45)48)35-21-13-26-42-46(35)37-20-8-10-24-40(37)49(42)39-23-9-7-19-34(39)38-29-31-15-5-6-16-32(31)30-43(38)49/h2-30H,1H3. The first-order valence-corrected chi connectivity index (χ1v) is 17.5. The van der Waals surface area contributed by atoms with Crippen molar-refractivity contribution in [3.63, 3.8) is 0 Å². The van der Waals surface area contributed by atoms with Gasteiger partial charge in [-0.3, -0.25) is 0 Å². The van der Waals surface area contributed by atoms with E-state index in [2.05, 4.69) is 183 Å². The Morgan fingerprint density at radius 2 is 0.940 bits per heavy atom. The van der Waals surface area contributed by atoms with Crippen LogP contribution in [0.3, 0.4) is 0 Å². The number of rotatable bonds is 2. The third-order valence-corrected chi connectivity index (χ3v) is 11.8. The Morgan fingerprint density at radius 3 is 1.76 bits per heavy atom. The van der Waals surface area contributed by atoms with Gasteiger partial charge >= 0.3 is 0 Å². The van der Waals surface area contributed by atoms with Gasteiger partial charge < -0.3 is 4.74 Å². The molecule has 234 valence electrons. The smallest absolute Gasteiger partial charge is 0.132 e. The SMILES string of the molecule is CC1(c2ccccc2)c2ccccc2Oc2cccc(-c3cccc4c3-c3ccccc3C43c4ccccc4-c4cc5ccccc5cc43)c21. The molecule has 1 nitrogen and oxygen atoms in total. The third-order valence-electron chi connectivity index (χ3n) is 11.8. The van der Waals surface area contributed by atoms with Crippen LogP contribution in [0, 0.1) is 0 Å². The Balaban J connectivity index is 1.25. The summed E-state index contributed by atoms with van der Waals surface area (Å²) in [6, 6.07) is 65.0. The topological polar surface area (TPSA) is 9.23 Å². The highest BCUT2D eigenvalue weighted by Gasteiger charge is 2.52. The van der Waals surface area contributed by atoms with Gasteiger partial charge in [0.15, 0.2) is 0 Å². The summed E-state index contributed by atoms with van der Waals surface area (Å²) < 4.78 is 6.77. The van der Waals surface area contributed by atoms with E-state index in [4.69, 9.17) is 4.74 Å². The molecule has 0 fully saturated rings. The molecule has 1 spiro atoms. The minimum Gasteiger partial charge on any atom is -0.457 e. The lowest BCUT2D eigenvalue weighted by molar-refractivity contribution is 0.428. The first kappa shape index (κ1) is 27.7. The number of ether oxygens (including phenoxy) is 1. The highest BCUT2D eigenvalue weighted by atomic mass is 16.5. The fraction of sp³-hybridized carbons (Fsp3) is 0.0612. The lowest BCUT2D eigenvalue weighted by atomic mass is 9.66. The molecule has 11 rings (SSSR count). The van der Waals surface area contributed by atoms with Crippen molar-refractivity contribution in [2.75, 3.05) is 0 Å². The monoisotopic (exact) mass is 636 g/mol. The molecule has 0 bridgehead atoms. The van der Waals surface area contributed by atoms with Crippen molar-refractivity contribution < 1.29 is 4.74 Å². The van der Waals surface area contributed by atoms with Crippen LogP contribution in [0.15, 0.2) is 176 Å². The summed E-state index contributed by atoms with van der Waals surface area (Å²) in [6.07, 6.45) is 0. The fourth-order valence-electron chi connectivity index (χ4n) is 9.75. The Morgan fingerprint density at radius 1 is 0.380 bits per heavy atom. The van der Waals surface area contributed by atoms with Crippen LogP contribution in [-0.2, 0) is 10.8 Å². The first-order chi connectivity index (χ1) is 24.7. The van der Waals surface area contributed by atoms with Crippen LogP contribution in [0.1, 0.15) is 45.9 Å². The molecule has 0 aromatic heterocycles. The van der Waals surface area contributed by atoms with Gasteiger partial charge in [0.1, 0.15) is 11.5 Å². The predicted molar refractivity (Wildman–Crippen MR) is 204 cm³/mol. The molecule has 1 heterocycles. The van der Waals surface area contributed by atoms with Gasteiger partial charge in [-0.05, 0) is 103 Å². The van der Waals surface area contributed by atoms with E-state index in [0.29, 0.717) is 0 Å². The Bertz CT molecular complexity index is 2700. The zero-order valence-corrected chi connectivity index (χ0v) is 27.7. The summed E-state index contributed by atoms with van der Waals surface area (Å²) >= 11 is 0. The Hall–Kier alpha value is -6.18. The molecule has 0 N–H and O–H groups in total. The zero-order valence-electron chi connectivity index (χ0n) is 27.7. The molecule has 2 aliphatic carbocycles. The summed E-state index contributed by atoms with van der Waals surface area (Å²) in [6.45, 7) is 2.37. The number of benzene rings is 8. The molecule has 0 amide bonds. The number of para-hydroxylation sites is 1. The summed E-state index contributed by atoms with van der Waals surface area (Å²) in [4.78, 5) is 0. The first-order valence-electron chi connectivity index (χ1n) is 17.5. The molecule has 2 unspecified atom stereocenters. The van der Waals surface area contributed by atoms with Crippen molar-refractivity contribution in [1.29, 1.82) is 0 Å². The van der Waals surface area contributed by atoms with Crippen molar-refractivity contribution in [3.05, 3.63) is 215 Å². The lowest BCUT2D eigenvalue weighted by Crippen LogP contribution is -2.30. The normalized spacial score (nSPS) is 18.8. The molecule has 0 saturated heterocycles. The van der Waals surface area contributed by atoms with Crippen molar-refractivity contribution >= 4 is 10.8 Å². The maximum Gasteiger partial charge on any atom is 0.132 e. The Labute approximate surface area is 292 Å². The second kappa shape index (κ2) is 9.94. The molecule has 3 aliphatic rings. The van der Waals surface area contributed by atoms with Crippen LogP contribution in [0.5, 0.6) is 11.5 Å². The van der Waals surface area contributed by atoms with Gasteiger partial charge in [-0.2, -0.15) is 0 Å². The van der Waals surface area contributed by atoms with E-state index < -0.39 is 10.8 Å². The molecular formula is C49H32O. The number of hydrogen-bond donors (Lipinski definition) is 0. The Kier molecular flexibility index (Phi) is 5.51. The maximum atomic E-state index is 6.77. The molecule has 8 aromatic carbocycles. The molecule has 0 saturated carbocycles.